The Kier molecular flexibility index (Phi) is 4.59. The second-order valence-electron chi connectivity index (χ2n) is 8.24. The van der Waals surface area contributed by atoms with Crippen molar-refractivity contribution in [2.45, 2.75) is 25.4 Å². The lowest BCUT2D eigenvalue weighted by Gasteiger charge is -2.33. The number of para-hydroxylation sites is 1. The van der Waals surface area contributed by atoms with E-state index in [1.165, 1.54) is 23.1 Å². The van der Waals surface area contributed by atoms with Gasteiger partial charge in [0.05, 0.1) is 23.6 Å². The molecule has 31 heavy (non-hydrogen) atoms. The molecule has 2 unspecified atom stereocenters. The van der Waals surface area contributed by atoms with Gasteiger partial charge >= 0.3 is 0 Å². The number of nitrogens with zero attached hydrogens (tertiary/aromatic N) is 2. The first-order valence-corrected chi connectivity index (χ1v) is 10.2. The van der Waals surface area contributed by atoms with Gasteiger partial charge in [-0.1, -0.05) is 30.3 Å². The molecule has 2 bridgehead atoms. The summed E-state index contributed by atoms with van der Waals surface area (Å²) in [4.78, 5) is 42.1. The van der Waals surface area contributed by atoms with Gasteiger partial charge in [0.15, 0.2) is 5.78 Å². The first kappa shape index (κ1) is 19.8. The Bertz CT molecular complexity index is 1130. The topological polar surface area (TPSA) is 57.7 Å². The van der Waals surface area contributed by atoms with E-state index in [0.717, 1.165) is 0 Å². The highest BCUT2D eigenvalue weighted by molar-refractivity contribution is 6.24. The first-order chi connectivity index (χ1) is 14.9. The molecule has 3 heterocycles. The molecule has 2 amide bonds. The Morgan fingerprint density at radius 1 is 0.935 bits per heavy atom. The average molecular weight is 422 g/mol. The largest absolute Gasteiger partial charge is 0.293 e. The number of hydrogen-bond donors (Lipinski definition) is 0. The minimum atomic E-state index is -0.805. The van der Waals surface area contributed by atoms with Crippen LogP contribution in [0.15, 0.2) is 54.6 Å². The monoisotopic (exact) mass is 422 g/mol. The van der Waals surface area contributed by atoms with E-state index in [1.54, 1.807) is 48.2 Å². The fourth-order valence-electron chi connectivity index (χ4n) is 5.17. The number of halogens is 2. The smallest absolute Gasteiger partial charge is 0.239 e. The quantitative estimate of drug-likeness (QED) is 0.711. The molecule has 7 heteroatoms. The summed E-state index contributed by atoms with van der Waals surface area (Å²) in [7, 11) is 0. The van der Waals surface area contributed by atoms with Crippen LogP contribution < -0.4 is 4.90 Å². The lowest BCUT2D eigenvalue weighted by atomic mass is 9.90. The summed E-state index contributed by atoms with van der Waals surface area (Å²) in [6.07, 6.45) is 3.11. The number of carbonyl (C=O) groups is 3. The zero-order chi connectivity index (χ0) is 21.9. The fourth-order valence-corrected chi connectivity index (χ4v) is 5.17. The van der Waals surface area contributed by atoms with Gasteiger partial charge in [-0.2, -0.15) is 0 Å². The van der Waals surface area contributed by atoms with Crippen molar-refractivity contribution < 1.29 is 23.2 Å². The number of aryl methyl sites for hydroxylation is 1. The van der Waals surface area contributed by atoms with E-state index < -0.39 is 41.5 Å². The van der Waals surface area contributed by atoms with E-state index in [4.69, 9.17) is 0 Å². The number of fused-ring (bicyclic) bond motifs is 5. The highest BCUT2D eigenvalue weighted by Gasteiger charge is 2.64. The number of rotatable bonds is 4. The third-order valence-corrected chi connectivity index (χ3v) is 6.61. The van der Waals surface area contributed by atoms with Gasteiger partial charge in [-0.05, 0) is 43.2 Å². The minimum Gasteiger partial charge on any atom is -0.293 e. The number of imide groups is 1. The van der Waals surface area contributed by atoms with Crippen molar-refractivity contribution >= 4 is 23.3 Å². The molecule has 5 rings (SSSR count). The van der Waals surface area contributed by atoms with E-state index in [0.29, 0.717) is 11.3 Å². The molecule has 0 aliphatic carbocycles. The third-order valence-electron chi connectivity index (χ3n) is 6.61. The van der Waals surface area contributed by atoms with Crippen molar-refractivity contribution in [2.24, 2.45) is 11.8 Å². The molecule has 3 aliphatic rings. The van der Waals surface area contributed by atoms with Crippen molar-refractivity contribution in [2.75, 3.05) is 11.4 Å². The number of carbonyl (C=O) groups excluding carboxylic acids is 3. The Balaban J connectivity index is 1.46. The molecule has 2 saturated heterocycles. The molecule has 2 aromatic rings. The SMILES string of the molecule is Cc1ccc(F)c(CCN2[C@@H]3C(=O)C=C[C@H]2C2C(=O)N(c4ccccc4)C(=O)C23)c1F. The van der Waals surface area contributed by atoms with Crippen LogP contribution >= 0.6 is 0 Å². The lowest BCUT2D eigenvalue weighted by molar-refractivity contribution is -0.128. The molecule has 5 nitrogen and oxygen atoms in total. The van der Waals surface area contributed by atoms with Crippen LogP contribution in [0.5, 0.6) is 0 Å². The average Bonchev–Trinajstić information content (AvgIpc) is 3.15. The molecule has 0 radical (unpaired) electrons. The zero-order valence-corrected chi connectivity index (χ0v) is 16.8. The summed E-state index contributed by atoms with van der Waals surface area (Å²) in [5, 5.41) is 0. The van der Waals surface area contributed by atoms with Crippen LogP contribution in [-0.4, -0.2) is 41.1 Å². The second kappa shape index (κ2) is 7.20. The van der Waals surface area contributed by atoms with Crippen LogP contribution in [0.3, 0.4) is 0 Å². The predicted octanol–water partition coefficient (Wildman–Crippen LogP) is 2.81. The molecule has 2 fully saturated rings. The van der Waals surface area contributed by atoms with Gasteiger partial charge in [0.2, 0.25) is 11.8 Å². The van der Waals surface area contributed by atoms with Gasteiger partial charge < -0.3 is 0 Å². The van der Waals surface area contributed by atoms with Gasteiger partial charge in [-0.3, -0.25) is 19.3 Å². The maximum absolute atomic E-state index is 14.4. The van der Waals surface area contributed by atoms with E-state index in [9.17, 15) is 23.2 Å². The Morgan fingerprint density at radius 3 is 2.39 bits per heavy atom. The summed E-state index contributed by atoms with van der Waals surface area (Å²) in [6, 6.07) is 9.99. The van der Waals surface area contributed by atoms with E-state index in [-0.39, 0.29) is 30.2 Å². The van der Waals surface area contributed by atoms with Crippen LogP contribution in [-0.2, 0) is 20.8 Å². The van der Waals surface area contributed by atoms with Crippen LogP contribution in [0.25, 0.3) is 0 Å². The summed E-state index contributed by atoms with van der Waals surface area (Å²) < 4.78 is 28.7. The van der Waals surface area contributed by atoms with Gasteiger partial charge in [0.1, 0.15) is 11.6 Å². The lowest BCUT2D eigenvalue weighted by Crippen LogP contribution is -2.50. The molecule has 4 atom stereocenters. The van der Waals surface area contributed by atoms with Crippen LogP contribution in [0.2, 0.25) is 0 Å². The van der Waals surface area contributed by atoms with Crippen LogP contribution in [0.4, 0.5) is 14.5 Å². The summed E-state index contributed by atoms with van der Waals surface area (Å²) in [6.45, 7) is 1.73. The Labute approximate surface area is 177 Å². The molecule has 0 spiro atoms. The standard InChI is InChI=1S/C24H20F2N2O3/c1-13-7-8-16(25)15(21(13)26)11-12-27-17-9-10-18(29)22(27)20-19(17)23(30)28(24(20)31)14-5-3-2-4-6-14/h2-10,17,19-20,22H,11-12H2,1H3/t17-,19?,20?,22+/m0/s1. The van der Waals surface area contributed by atoms with E-state index in [2.05, 4.69) is 0 Å². The number of benzene rings is 2. The number of amides is 2. The van der Waals surface area contributed by atoms with Gasteiger partial charge in [-0.15, -0.1) is 0 Å². The number of ketones is 1. The number of hydrogen-bond acceptors (Lipinski definition) is 4. The maximum atomic E-state index is 14.4. The highest BCUT2D eigenvalue weighted by Crippen LogP contribution is 2.46. The van der Waals surface area contributed by atoms with Crippen LogP contribution in [0.1, 0.15) is 11.1 Å². The maximum Gasteiger partial charge on any atom is 0.239 e. The zero-order valence-electron chi connectivity index (χ0n) is 16.8. The van der Waals surface area contributed by atoms with Crippen molar-refractivity contribution in [1.29, 1.82) is 0 Å². The highest BCUT2D eigenvalue weighted by atomic mass is 19.1. The van der Waals surface area contributed by atoms with E-state index >= 15 is 0 Å². The molecule has 0 aromatic heterocycles. The second-order valence-corrected chi connectivity index (χ2v) is 8.24. The summed E-state index contributed by atoms with van der Waals surface area (Å²) in [5.74, 6) is -3.73. The Hall–Kier alpha value is -3.19. The molecule has 0 saturated carbocycles. The molecular weight excluding hydrogens is 402 g/mol. The molecular formula is C24H20F2N2O3. The van der Waals surface area contributed by atoms with Crippen molar-refractivity contribution in [1.82, 2.24) is 4.90 Å². The molecule has 3 aliphatic heterocycles. The first-order valence-electron chi connectivity index (χ1n) is 10.2. The van der Waals surface area contributed by atoms with Crippen molar-refractivity contribution in [3.05, 3.63) is 77.4 Å². The summed E-state index contributed by atoms with van der Waals surface area (Å²) >= 11 is 0. The van der Waals surface area contributed by atoms with Crippen molar-refractivity contribution in [3.8, 4) is 0 Å². The predicted molar refractivity (Wildman–Crippen MR) is 109 cm³/mol. The molecule has 158 valence electrons. The minimum absolute atomic E-state index is 0.0394. The van der Waals surface area contributed by atoms with Crippen LogP contribution in [0, 0.1) is 30.4 Å². The van der Waals surface area contributed by atoms with Gasteiger partial charge in [-0.25, -0.2) is 13.7 Å². The van der Waals surface area contributed by atoms with E-state index in [1.807, 2.05) is 0 Å². The summed E-state index contributed by atoms with van der Waals surface area (Å²) in [5.41, 5.74) is 0.779. The van der Waals surface area contributed by atoms with Crippen molar-refractivity contribution in [3.63, 3.8) is 0 Å². The Morgan fingerprint density at radius 2 is 1.65 bits per heavy atom. The van der Waals surface area contributed by atoms with Gasteiger partial charge in [0.25, 0.3) is 0 Å². The third kappa shape index (κ3) is 2.87. The normalized spacial score (nSPS) is 27.3. The van der Waals surface area contributed by atoms with Gasteiger partial charge in [0, 0.05) is 18.2 Å². The number of anilines is 1. The molecule has 0 N–H and O–H groups in total. The molecule has 2 aromatic carbocycles. The fraction of sp³-hybridized carbons (Fsp3) is 0.292.